The fourth-order valence-electron chi connectivity index (χ4n) is 4.89. The summed E-state index contributed by atoms with van der Waals surface area (Å²) in [7, 11) is 0. The zero-order chi connectivity index (χ0) is 36.5. The van der Waals surface area contributed by atoms with Crippen molar-refractivity contribution < 1.29 is 61.8 Å². The van der Waals surface area contributed by atoms with Crippen molar-refractivity contribution in [3.05, 3.63) is 144 Å². The summed E-state index contributed by atoms with van der Waals surface area (Å²) in [5, 5.41) is -1.20. The molecule has 5 rings (SSSR count). The monoisotopic (exact) mass is 778 g/mol. The van der Waals surface area contributed by atoms with Gasteiger partial charge in [0, 0.05) is 0 Å². The smallest absolute Gasteiger partial charge is 0.431 e. The molecule has 0 spiro atoms. The Balaban J connectivity index is 1.33. The molecule has 52 heavy (non-hydrogen) atoms. The molecule has 1 saturated heterocycles. The Labute approximate surface area is 307 Å². The van der Waals surface area contributed by atoms with Gasteiger partial charge in [-0.15, -0.1) is 0 Å². The van der Waals surface area contributed by atoms with E-state index < -0.39 is 60.7 Å². The van der Waals surface area contributed by atoms with Gasteiger partial charge >= 0.3 is 24.6 Å². The Morgan fingerprint density at radius 1 is 0.442 bits per heavy atom. The van der Waals surface area contributed by atoms with E-state index >= 15 is 0 Å². The maximum absolute atomic E-state index is 13.1. The van der Waals surface area contributed by atoms with Crippen LogP contribution in [0.15, 0.2) is 121 Å². The molecule has 0 radical (unpaired) electrons. The SMILES string of the molecule is O=C(OCc1ccccc1)OC[C@H]1O[C@H](Br)[C@@H](OC(=O)OCc2ccccc2)[C@@H](OC(=O)OCc2ccccc2)[C@@H]1OC(=O)OCc1ccccc1. The van der Waals surface area contributed by atoms with E-state index in [-0.39, 0.29) is 26.4 Å². The predicted molar refractivity (Wildman–Crippen MR) is 185 cm³/mol. The first-order valence-electron chi connectivity index (χ1n) is 16.1. The molecule has 14 heteroatoms. The minimum absolute atomic E-state index is 0.0714. The topological polar surface area (TPSA) is 151 Å². The lowest BCUT2D eigenvalue weighted by molar-refractivity contribution is -0.217. The molecule has 0 bridgehead atoms. The molecule has 0 N–H and O–H groups in total. The molecule has 272 valence electrons. The molecular formula is C38H35BrO13. The molecule has 0 aliphatic carbocycles. The summed E-state index contributed by atoms with van der Waals surface area (Å²) in [6.07, 6.45) is -10.5. The second kappa shape index (κ2) is 19.7. The molecule has 0 saturated carbocycles. The lowest BCUT2D eigenvalue weighted by Crippen LogP contribution is -2.61. The van der Waals surface area contributed by atoms with Crippen molar-refractivity contribution in [1.82, 2.24) is 0 Å². The van der Waals surface area contributed by atoms with Gasteiger partial charge in [0.2, 0.25) is 0 Å². The van der Waals surface area contributed by atoms with Crippen molar-refractivity contribution in [2.45, 2.75) is 55.9 Å². The Bertz CT molecular complexity index is 1710. The van der Waals surface area contributed by atoms with E-state index in [9.17, 15) is 19.2 Å². The second-order valence-electron chi connectivity index (χ2n) is 11.2. The summed E-state index contributed by atoms with van der Waals surface area (Å²) in [6, 6.07) is 35.4. The number of hydrogen-bond acceptors (Lipinski definition) is 13. The van der Waals surface area contributed by atoms with Gasteiger partial charge in [0.05, 0.1) is 0 Å². The van der Waals surface area contributed by atoms with Gasteiger partial charge in [0.1, 0.15) is 39.1 Å². The Morgan fingerprint density at radius 3 is 1.15 bits per heavy atom. The van der Waals surface area contributed by atoms with Crippen molar-refractivity contribution >= 4 is 40.6 Å². The average Bonchev–Trinajstić information content (AvgIpc) is 3.18. The number of alkyl halides is 1. The first-order chi connectivity index (χ1) is 25.3. The van der Waals surface area contributed by atoms with Gasteiger partial charge in [-0.3, -0.25) is 0 Å². The van der Waals surface area contributed by atoms with Gasteiger partial charge in [-0.25, -0.2) is 19.2 Å². The van der Waals surface area contributed by atoms with Gasteiger partial charge in [-0.1, -0.05) is 137 Å². The molecule has 0 unspecified atom stereocenters. The third-order valence-corrected chi connectivity index (χ3v) is 8.17. The minimum atomic E-state index is -1.59. The zero-order valence-electron chi connectivity index (χ0n) is 27.7. The molecule has 0 aromatic heterocycles. The number of benzene rings is 4. The highest BCUT2D eigenvalue weighted by Crippen LogP contribution is 2.32. The zero-order valence-corrected chi connectivity index (χ0v) is 29.2. The van der Waals surface area contributed by atoms with Crippen LogP contribution in [0.25, 0.3) is 0 Å². The lowest BCUT2D eigenvalue weighted by atomic mass is 9.99. The van der Waals surface area contributed by atoms with Crippen molar-refractivity contribution in [1.29, 1.82) is 0 Å². The molecule has 5 atom stereocenters. The van der Waals surface area contributed by atoms with Gasteiger partial charge in [0.25, 0.3) is 0 Å². The van der Waals surface area contributed by atoms with Crippen molar-refractivity contribution in [2.24, 2.45) is 0 Å². The summed E-state index contributed by atoms with van der Waals surface area (Å²) in [5.74, 6) is 0. The van der Waals surface area contributed by atoms with Crippen LogP contribution in [-0.4, -0.2) is 60.7 Å². The molecule has 1 aliphatic heterocycles. The van der Waals surface area contributed by atoms with Crippen molar-refractivity contribution in [2.75, 3.05) is 6.61 Å². The largest absolute Gasteiger partial charge is 0.509 e. The van der Waals surface area contributed by atoms with Crippen LogP contribution in [0.5, 0.6) is 0 Å². The third-order valence-electron chi connectivity index (χ3n) is 7.44. The fourth-order valence-corrected chi connectivity index (χ4v) is 5.58. The van der Waals surface area contributed by atoms with Crippen LogP contribution in [0.2, 0.25) is 0 Å². The lowest BCUT2D eigenvalue weighted by Gasteiger charge is -2.42. The highest BCUT2D eigenvalue weighted by atomic mass is 79.9. The van der Waals surface area contributed by atoms with E-state index in [0.29, 0.717) is 16.7 Å². The number of carbonyl (C=O) groups excluding carboxylic acids is 4. The highest BCUT2D eigenvalue weighted by molar-refractivity contribution is 9.09. The Morgan fingerprint density at radius 2 is 0.769 bits per heavy atom. The number of hydrogen-bond donors (Lipinski definition) is 0. The third kappa shape index (κ3) is 12.0. The summed E-state index contributed by atoms with van der Waals surface area (Å²) >= 11 is 3.32. The van der Waals surface area contributed by atoms with E-state index in [1.54, 1.807) is 109 Å². The van der Waals surface area contributed by atoms with E-state index in [1.807, 2.05) is 12.1 Å². The van der Waals surface area contributed by atoms with Crippen molar-refractivity contribution in [3.63, 3.8) is 0 Å². The molecular weight excluding hydrogens is 744 g/mol. The van der Waals surface area contributed by atoms with Gasteiger partial charge in [-0.2, -0.15) is 0 Å². The fraction of sp³-hybridized carbons (Fsp3) is 0.263. The van der Waals surface area contributed by atoms with Crippen LogP contribution in [0, 0.1) is 0 Å². The maximum atomic E-state index is 13.1. The van der Waals surface area contributed by atoms with Crippen LogP contribution in [-0.2, 0) is 69.1 Å². The van der Waals surface area contributed by atoms with E-state index in [2.05, 4.69) is 15.9 Å². The van der Waals surface area contributed by atoms with Crippen LogP contribution >= 0.6 is 15.9 Å². The average molecular weight is 780 g/mol. The summed E-state index contributed by atoms with van der Waals surface area (Å²) < 4.78 is 49.3. The van der Waals surface area contributed by atoms with Crippen LogP contribution in [0.4, 0.5) is 19.2 Å². The highest BCUT2D eigenvalue weighted by Gasteiger charge is 2.53. The molecule has 1 aliphatic rings. The quantitative estimate of drug-likeness (QED) is 0.0744. The summed E-state index contributed by atoms with van der Waals surface area (Å²) in [4.78, 5) is 51.7. The summed E-state index contributed by atoms with van der Waals surface area (Å²) in [6.45, 7) is -1.06. The van der Waals surface area contributed by atoms with Crippen LogP contribution in [0.1, 0.15) is 22.3 Å². The first-order valence-corrected chi connectivity index (χ1v) is 17.0. The van der Waals surface area contributed by atoms with Crippen molar-refractivity contribution in [3.8, 4) is 0 Å². The molecule has 4 aromatic carbocycles. The standard InChI is InChI=1S/C38H35BrO13/c39-34-33(52-38(43)47-24-29-19-11-4-12-20-29)32(51-37(42)46-23-28-17-9-3-10-18-28)31(50-36(41)45-22-27-15-7-2-8-16-27)30(49-34)25-48-35(40)44-21-26-13-5-1-6-14-26/h1-20,30-34H,21-25H2/t30-,31-,32+,33+,34+/m1/s1. The molecule has 1 fully saturated rings. The van der Waals surface area contributed by atoms with Gasteiger partial charge < -0.3 is 42.6 Å². The molecule has 0 amide bonds. The Hall–Kier alpha value is -5.60. The normalized spacial score (nSPS) is 19.3. The number of ether oxygens (including phenoxy) is 9. The van der Waals surface area contributed by atoms with E-state index in [1.165, 1.54) is 0 Å². The maximum Gasteiger partial charge on any atom is 0.509 e. The Kier molecular flexibility index (Phi) is 14.3. The van der Waals surface area contributed by atoms with Gasteiger partial charge in [-0.05, 0) is 22.3 Å². The number of rotatable bonds is 13. The molecule has 4 aromatic rings. The van der Waals surface area contributed by atoms with E-state index in [4.69, 9.17) is 42.6 Å². The number of carbonyl (C=O) groups is 4. The molecule has 13 nitrogen and oxygen atoms in total. The number of halogens is 1. The minimum Gasteiger partial charge on any atom is -0.431 e. The van der Waals surface area contributed by atoms with Crippen LogP contribution in [0.3, 0.4) is 0 Å². The predicted octanol–water partition coefficient (Wildman–Crippen LogP) is 7.63. The van der Waals surface area contributed by atoms with E-state index in [0.717, 1.165) is 5.56 Å². The summed E-state index contributed by atoms with van der Waals surface area (Å²) in [5.41, 5.74) is 2.74. The van der Waals surface area contributed by atoms with Crippen LogP contribution < -0.4 is 0 Å². The molecule has 1 heterocycles. The van der Waals surface area contributed by atoms with Gasteiger partial charge in [0.15, 0.2) is 23.3 Å². The second-order valence-corrected chi connectivity index (χ2v) is 12.1. The first kappa shape index (κ1) is 37.7.